The molecular weight excluding hydrogens is 254 g/mol. The van der Waals surface area contributed by atoms with Crippen molar-refractivity contribution in [3.63, 3.8) is 0 Å². The smallest absolute Gasteiger partial charge is 0.268 e. The van der Waals surface area contributed by atoms with E-state index in [-0.39, 0.29) is 11.8 Å². The molecule has 1 aliphatic rings. The number of hydrogen-bond donors (Lipinski definition) is 0. The van der Waals surface area contributed by atoms with Crippen LogP contribution in [0.4, 0.5) is 0 Å². The van der Waals surface area contributed by atoms with Crippen LogP contribution >= 0.6 is 0 Å². The monoisotopic (exact) mass is 273 g/mol. The van der Waals surface area contributed by atoms with Crippen LogP contribution in [0.25, 0.3) is 0 Å². The Bertz CT molecular complexity index is 504. The maximum absolute atomic E-state index is 10.7. The van der Waals surface area contributed by atoms with Gasteiger partial charge in [0.2, 0.25) is 0 Å². The van der Waals surface area contributed by atoms with Crippen molar-refractivity contribution < 1.29 is 9.66 Å². The minimum Gasteiger partial charge on any atom is -0.365 e. The van der Waals surface area contributed by atoms with Gasteiger partial charge >= 0.3 is 0 Å². The predicted octanol–water partition coefficient (Wildman–Crippen LogP) is 3.88. The maximum Gasteiger partial charge on any atom is 0.268 e. The van der Waals surface area contributed by atoms with E-state index >= 15 is 0 Å². The van der Waals surface area contributed by atoms with Crippen LogP contribution in [-0.2, 0) is 11.3 Å². The molecule has 0 heterocycles. The highest BCUT2D eigenvalue weighted by Gasteiger charge is 2.12. The molecule has 0 radical (unpaired) electrons. The Morgan fingerprint density at radius 3 is 2.55 bits per heavy atom. The fraction of sp³-hybridized carbons (Fsp3) is 0.250. The van der Waals surface area contributed by atoms with E-state index in [4.69, 9.17) is 4.74 Å². The molecule has 20 heavy (non-hydrogen) atoms. The summed E-state index contributed by atoms with van der Waals surface area (Å²) in [6.07, 6.45) is 7.77. The molecule has 1 atom stereocenters. The molecule has 1 aromatic carbocycles. The summed E-state index contributed by atoms with van der Waals surface area (Å²) in [5.74, 6) is 0. The number of rotatable bonds is 4. The maximum atomic E-state index is 10.7. The molecule has 0 saturated heterocycles. The van der Waals surface area contributed by atoms with Crippen molar-refractivity contribution in [1.29, 1.82) is 0 Å². The highest BCUT2D eigenvalue weighted by atomic mass is 16.6. The average Bonchev–Trinajstić information content (AvgIpc) is 2.74. The van der Waals surface area contributed by atoms with Crippen molar-refractivity contribution in [2.24, 2.45) is 0 Å². The molecule has 0 saturated carbocycles. The predicted molar refractivity (Wildman–Crippen MR) is 79.7 cm³/mol. The lowest BCUT2D eigenvalue weighted by molar-refractivity contribution is -0.419. The van der Waals surface area contributed by atoms with E-state index in [1.54, 1.807) is 18.2 Å². The first kappa shape index (κ1) is 15.9. The molecule has 0 amide bonds. The molecule has 0 fully saturated rings. The summed E-state index contributed by atoms with van der Waals surface area (Å²) in [5, 5.41) is 10.7. The Balaban J connectivity index is 0.000000956. The van der Waals surface area contributed by atoms with E-state index in [0.29, 0.717) is 6.61 Å². The van der Waals surface area contributed by atoms with E-state index in [1.165, 1.54) is 12.2 Å². The fourth-order valence-electron chi connectivity index (χ4n) is 1.60. The molecule has 4 nitrogen and oxygen atoms in total. The third-order valence-corrected chi connectivity index (χ3v) is 2.51. The Labute approximate surface area is 119 Å². The zero-order chi connectivity index (χ0) is 14.8. The van der Waals surface area contributed by atoms with Crippen molar-refractivity contribution in [3.05, 3.63) is 82.1 Å². The second-order valence-corrected chi connectivity index (χ2v) is 3.85. The Hall–Kier alpha value is -2.20. The SMILES string of the molecule is CC.O=[N+]([O-])C1=CC(OCc2ccccc2)C=CC=C1. The van der Waals surface area contributed by atoms with Crippen LogP contribution in [0, 0.1) is 10.1 Å². The van der Waals surface area contributed by atoms with Crippen LogP contribution in [-0.4, -0.2) is 11.0 Å². The largest absolute Gasteiger partial charge is 0.365 e. The first-order valence-electron chi connectivity index (χ1n) is 6.62. The highest BCUT2D eigenvalue weighted by molar-refractivity contribution is 5.25. The third-order valence-electron chi connectivity index (χ3n) is 2.51. The second kappa shape index (κ2) is 8.82. The topological polar surface area (TPSA) is 52.4 Å². The minimum atomic E-state index is -0.414. The zero-order valence-electron chi connectivity index (χ0n) is 11.7. The standard InChI is InChI=1S/C14H13NO3.C2H6/c16-15(17)13-8-4-5-9-14(10-13)18-11-12-6-2-1-3-7-12;1-2/h1-10,14H,11H2;1-2H3. The van der Waals surface area contributed by atoms with Gasteiger partial charge in [-0.05, 0) is 5.56 Å². The average molecular weight is 273 g/mol. The molecule has 4 heteroatoms. The van der Waals surface area contributed by atoms with Crippen molar-refractivity contribution in [2.75, 3.05) is 0 Å². The van der Waals surface area contributed by atoms with Crippen molar-refractivity contribution >= 4 is 0 Å². The van der Waals surface area contributed by atoms with Crippen LogP contribution in [0.3, 0.4) is 0 Å². The first-order chi connectivity index (χ1) is 9.75. The molecule has 0 N–H and O–H groups in total. The van der Waals surface area contributed by atoms with Gasteiger partial charge in [0.15, 0.2) is 0 Å². The van der Waals surface area contributed by atoms with E-state index < -0.39 is 4.92 Å². The molecule has 106 valence electrons. The molecule has 1 unspecified atom stereocenters. The van der Waals surface area contributed by atoms with Crippen LogP contribution in [0.2, 0.25) is 0 Å². The highest BCUT2D eigenvalue weighted by Crippen LogP contribution is 2.11. The fourth-order valence-corrected chi connectivity index (χ4v) is 1.60. The normalized spacial score (nSPS) is 16.7. The number of nitro groups is 1. The lowest BCUT2D eigenvalue weighted by Gasteiger charge is -2.09. The Morgan fingerprint density at radius 2 is 1.90 bits per heavy atom. The zero-order valence-corrected chi connectivity index (χ0v) is 11.7. The quantitative estimate of drug-likeness (QED) is 0.618. The van der Waals surface area contributed by atoms with Gasteiger partial charge in [-0.15, -0.1) is 0 Å². The van der Waals surface area contributed by atoms with E-state index in [2.05, 4.69) is 0 Å². The van der Waals surface area contributed by atoms with E-state index in [1.807, 2.05) is 44.2 Å². The van der Waals surface area contributed by atoms with Gasteiger partial charge < -0.3 is 4.74 Å². The Morgan fingerprint density at radius 1 is 1.20 bits per heavy atom. The molecule has 1 aliphatic carbocycles. The van der Waals surface area contributed by atoms with E-state index in [9.17, 15) is 10.1 Å². The minimum absolute atomic E-state index is 0.0538. The summed E-state index contributed by atoms with van der Waals surface area (Å²) in [6, 6.07) is 9.71. The second-order valence-electron chi connectivity index (χ2n) is 3.85. The number of benzene rings is 1. The summed E-state index contributed by atoms with van der Waals surface area (Å²) in [7, 11) is 0. The van der Waals surface area contributed by atoms with Crippen LogP contribution < -0.4 is 0 Å². The summed E-state index contributed by atoms with van der Waals surface area (Å²) in [5.41, 5.74) is 1.09. The van der Waals surface area contributed by atoms with Crippen molar-refractivity contribution in [1.82, 2.24) is 0 Å². The van der Waals surface area contributed by atoms with Crippen molar-refractivity contribution in [2.45, 2.75) is 26.6 Å². The van der Waals surface area contributed by atoms with Gasteiger partial charge in [0.05, 0.1) is 11.5 Å². The van der Waals surface area contributed by atoms with Gasteiger partial charge in [-0.2, -0.15) is 0 Å². The summed E-state index contributed by atoms with van der Waals surface area (Å²) >= 11 is 0. The lowest BCUT2D eigenvalue weighted by Crippen LogP contribution is -2.09. The number of ether oxygens (including phenoxy) is 1. The molecule has 0 spiro atoms. The van der Waals surface area contributed by atoms with Crippen molar-refractivity contribution in [3.8, 4) is 0 Å². The molecule has 1 aromatic rings. The van der Waals surface area contributed by atoms with Crippen LogP contribution in [0.1, 0.15) is 19.4 Å². The molecule has 0 bridgehead atoms. The van der Waals surface area contributed by atoms with Gasteiger partial charge in [-0.1, -0.05) is 62.4 Å². The molecule has 0 aliphatic heterocycles. The first-order valence-corrected chi connectivity index (χ1v) is 6.62. The number of nitrogens with zero attached hydrogens (tertiary/aromatic N) is 1. The molecule has 0 aromatic heterocycles. The summed E-state index contributed by atoms with van der Waals surface area (Å²) < 4.78 is 5.62. The Kier molecular flexibility index (Phi) is 7.00. The van der Waals surface area contributed by atoms with Crippen LogP contribution in [0.15, 0.2) is 66.4 Å². The number of hydrogen-bond acceptors (Lipinski definition) is 3. The van der Waals surface area contributed by atoms with Gasteiger partial charge in [0.25, 0.3) is 5.70 Å². The van der Waals surface area contributed by atoms with Crippen LogP contribution in [0.5, 0.6) is 0 Å². The number of allylic oxidation sites excluding steroid dienone is 3. The summed E-state index contributed by atoms with van der Waals surface area (Å²) in [4.78, 5) is 10.3. The van der Waals surface area contributed by atoms with E-state index in [0.717, 1.165) is 5.56 Å². The third kappa shape index (κ3) is 5.20. The van der Waals surface area contributed by atoms with Gasteiger partial charge in [-0.3, -0.25) is 10.1 Å². The van der Waals surface area contributed by atoms with Gasteiger partial charge in [0.1, 0.15) is 6.10 Å². The van der Waals surface area contributed by atoms with Gasteiger partial charge in [0, 0.05) is 12.2 Å². The van der Waals surface area contributed by atoms with Gasteiger partial charge in [-0.25, -0.2) is 0 Å². The molecule has 2 rings (SSSR count). The lowest BCUT2D eigenvalue weighted by atomic mass is 10.2. The molecular formula is C16H19NO3. The summed E-state index contributed by atoms with van der Waals surface area (Å²) in [6.45, 7) is 4.43.